The number of rotatable bonds is 11. The van der Waals surface area contributed by atoms with Crippen LogP contribution in [-0.4, -0.2) is 54.7 Å². The highest BCUT2D eigenvalue weighted by Crippen LogP contribution is 2.40. The van der Waals surface area contributed by atoms with Crippen LogP contribution in [0, 0.1) is 5.92 Å². The summed E-state index contributed by atoms with van der Waals surface area (Å²) in [5, 5.41) is 11.2. The topological polar surface area (TPSA) is 85.3 Å². The zero-order chi connectivity index (χ0) is 25.5. The monoisotopic (exact) mass is 481 g/mol. The molecule has 2 aromatic rings. The lowest BCUT2D eigenvalue weighted by atomic mass is 9.95. The lowest BCUT2D eigenvalue weighted by molar-refractivity contribution is -0.140. The zero-order valence-electron chi connectivity index (χ0n) is 21.1. The number of methoxy groups -OCH3 is 1. The van der Waals surface area contributed by atoms with E-state index in [2.05, 4.69) is 13.8 Å². The van der Waals surface area contributed by atoms with Crippen molar-refractivity contribution in [1.82, 2.24) is 4.90 Å². The van der Waals surface area contributed by atoms with Gasteiger partial charge < -0.3 is 24.2 Å². The van der Waals surface area contributed by atoms with Crippen LogP contribution in [0.2, 0.25) is 0 Å². The van der Waals surface area contributed by atoms with Gasteiger partial charge in [-0.15, -0.1) is 0 Å². The predicted octanol–water partition coefficient (Wildman–Crippen LogP) is 4.97. The summed E-state index contributed by atoms with van der Waals surface area (Å²) in [5.74, 6) is 0.0921. The molecule has 1 amide bonds. The summed E-state index contributed by atoms with van der Waals surface area (Å²) in [4.78, 5) is 27.7. The summed E-state index contributed by atoms with van der Waals surface area (Å²) in [6.45, 7) is 9.37. The van der Waals surface area contributed by atoms with Crippen molar-refractivity contribution in [1.29, 1.82) is 0 Å². The van der Waals surface area contributed by atoms with E-state index in [1.54, 1.807) is 49.6 Å². The van der Waals surface area contributed by atoms with E-state index in [4.69, 9.17) is 14.2 Å². The number of likely N-dealkylation sites (tertiary alicyclic amines) is 1. The summed E-state index contributed by atoms with van der Waals surface area (Å²) in [6, 6.07) is 13.3. The summed E-state index contributed by atoms with van der Waals surface area (Å²) in [5.41, 5.74) is 1.19. The Bertz CT molecular complexity index is 1060. The molecule has 7 nitrogen and oxygen atoms in total. The van der Waals surface area contributed by atoms with Gasteiger partial charge in [-0.3, -0.25) is 9.59 Å². The Morgan fingerprint density at radius 3 is 2.37 bits per heavy atom. The molecule has 1 saturated heterocycles. The maximum atomic E-state index is 13.2. The molecule has 0 bridgehead atoms. The first-order chi connectivity index (χ1) is 16.7. The van der Waals surface area contributed by atoms with E-state index >= 15 is 0 Å². The zero-order valence-corrected chi connectivity index (χ0v) is 21.1. The number of hydrogen-bond donors (Lipinski definition) is 1. The largest absolute Gasteiger partial charge is 0.507 e. The number of carbonyl (C=O) groups is 2. The van der Waals surface area contributed by atoms with Crippen LogP contribution in [-0.2, 0) is 14.3 Å². The Kier molecular flexibility index (Phi) is 8.93. The molecule has 0 saturated carbocycles. The second kappa shape index (κ2) is 11.9. The highest BCUT2D eigenvalue weighted by molar-refractivity contribution is 6.46. The first-order valence-corrected chi connectivity index (χ1v) is 12.0. The molecule has 1 atom stereocenters. The molecule has 35 heavy (non-hydrogen) atoms. The van der Waals surface area contributed by atoms with E-state index in [-0.39, 0.29) is 17.4 Å². The molecular weight excluding hydrogens is 446 g/mol. The van der Waals surface area contributed by atoms with Crippen LogP contribution in [0.3, 0.4) is 0 Å². The highest BCUT2D eigenvalue weighted by Gasteiger charge is 2.45. The Balaban J connectivity index is 1.98. The van der Waals surface area contributed by atoms with E-state index in [0.717, 1.165) is 0 Å². The SMILES string of the molecule is COc1cccc(C2/C(=C(/O)c3ccc(OCC(C)C)cc3)C(=O)C(=O)N2CCCOC(C)C)c1. The van der Waals surface area contributed by atoms with Gasteiger partial charge in [0.2, 0.25) is 0 Å². The van der Waals surface area contributed by atoms with Gasteiger partial charge in [0.1, 0.15) is 17.3 Å². The van der Waals surface area contributed by atoms with Gasteiger partial charge in [-0.2, -0.15) is 0 Å². The maximum Gasteiger partial charge on any atom is 0.295 e. The van der Waals surface area contributed by atoms with Crippen molar-refractivity contribution < 1.29 is 28.9 Å². The lowest BCUT2D eigenvalue weighted by Crippen LogP contribution is -2.31. The van der Waals surface area contributed by atoms with Crippen LogP contribution in [0.15, 0.2) is 54.1 Å². The fraction of sp³-hybridized carbons (Fsp3) is 0.429. The van der Waals surface area contributed by atoms with Crippen molar-refractivity contribution in [3.63, 3.8) is 0 Å². The van der Waals surface area contributed by atoms with Crippen LogP contribution in [0.5, 0.6) is 11.5 Å². The van der Waals surface area contributed by atoms with Crippen molar-refractivity contribution in [3.8, 4) is 11.5 Å². The first kappa shape index (κ1) is 26.3. The van der Waals surface area contributed by atoms with Crippen LogP contribution in [0.1, 0.15) is 51.3 Å². The van der Waals surface area contributed by atoms with Crippen LogP contribution < -0.4 is 9.47 Å². The summed E-state index contributed by atoms with van der Waals surface area (Å²) in [6.07, 6.45) is 0.639. The Hall–Kier alpha value is -3.32. The smallest absolute Gasteiger partial charge is 0.295 e. The highest BCUT2D eigenvalue weighted by atomic mass is 16.5. The number of Topliss-reactive ketones (excluding diaryl/α,β-unsaturated/α-hetero) is 1. The second-order valence-corrected chi connectivity index (χ2v) is 9.27. The second-order valence-electron chi connectivity index (χ2n) is 9.27. The third-order valence-electron chi connectivity index (χ3n) is 5.66. The van der Waals surface area contributed by atoms with E-state index in [9.17, 15) is 14.7 Å². The molecule has 0 spiro atoms. The Morgan fingerprint density at radius 2 is 1.74 bits per heavy atom. The molecule has 7 heteroatoms. The van der Waals surface area contributed by atoms with Gasteiger partial charge in [-0.05, 0) is 68.1 Å². The van der Waals surface area contributed by atoms with Gasteiger partial charge in [-0.1, -0.05) is 26.0 Å². The number of aliphatic hydroxyl groups excluding tert-OH is 1. The normalized spacial score (nSPS) is 17.5. The molecule has 0 aromatic heterocycles. The number of amides is 1. The quantitative estimate of drug-likeness (QED) is 0.211. The minimum atomic E-state index is -0.735. The van der Waals surface area contributed by atoms with Gasteiger partial charge in [0.15, 0.2) is 0 Å². The van der Waals surface area contributed by atoms with E-state index in [0.29, 0.717) is 54.7 Å². The van der Waals surface area contributed by atoms with Crippen LogP contribution in [0.4, 0.5) is 0 Å². The Labute approximate surface area is 207 Å². The standard InChI is InChI=1S/C28H35NO6/c1-18(2)17-35-22-12-10-20(11-13-22)26(30)24-25(21-8-6-9-23(16-21)33-5)29(28(32)27(24)31)14-7-15-34-19(3)4/h6,8-13,16,18-19,25,30H,7,14-15,17H2,1-5H3/b26-24-. The predicted molar refractivity (Wildman–Crippen MR) is 134 cm³/mol. The molecule has 2 aromatic carbocycles. The van der Waals surface area contributed by atoms with Crippen LogP contribution in [0.25, 0.3) is 5.76 Å². The maximum absolute atomic E-state index is 13.2. The molecule has 1 aliphatic heterocycles. The molecule has 3 rings (SSSR count). The van der Waals surface area contributed by atoms with Gasteiger partial charge in [0, 0.05) is 18.7 Å². The number of ketones is 1. The van der Waals surface area contributed by atoms with E-state index < -0.39 is 17.7 Å². The number of nitrogens with zero attached hydrogens (tertiary/aromatic N) is 1. The van der Waals surface area contributed by atoms with Gasteiger partial charge in [0.25, 0.3) is 11.7 Å². The molecule has 0 aliphatic carbocycles. The van der Waals surface area contributed by atoms with Crippen LogP contribution >= 0.6 is 0 Å². The fourth-order valence-corrected chi connectivity index (χ4v) is 3.95. The first-order valence-electron chi connectivity index (χ1n) is 12.0. The fourth-order valence-electron chi connectivity index (χ4n) is 3.95. The molecule has 1 N–H and O–H groups in total. The third kappa shape index (κ3) is 6.42. The molecular formula is C28H35NO6. The van der Waals surface area contributed by atoms with E-state index in [1.807, 2.05) is 19.9 Å². The van der Waals surface area contributed by atoms with Gasteiger partial charge in [-0.25, -0.2) is 0 Å². The minimum Gasteiger partial charge on any atom is -0.507 e. The molecule has 188 valence electrons. The van der Waals surface area contributed by atoms with Crippen molar-refractivity contribution in [3.05, 3.63) is 65.2 Å². The number of benzene rings is 2. The number of carbonyl (C=O) groups excluding carboxylic acids is 2. The Morgan fingerprint density at radius 1 is 1.03 bits per heavy atom. The lowest BCUT2D eigenvalue weighted by Gasteiger charge is -2.25. The average Bonchev–Trinajstić information content (AvgIpc) is 3.10. The van der Waals surface area contributed by atoms with Gasteiger partial charge in [0.05, 0.1) is 31.4 Å². The minimum absolute atomic E-state index is 0.0591. The molecule has 0 radical (unpaired) electrons. The summed E-state index contributed by atoms with van der Waals surface area (Å²) >= 11 is 0. The molecule has 1 fully saturated rings. The van der Waals surface area contributed by atoms with Crippen molar-refractivity contribution in [2.24, 2.45) is 5.92 Å². The number of aliphatic hydroxyl groups is 1. The van der Waals surface area contributed by atoms with E-state index in [1.165, 1.54) is 4.90 Å². The van der Waals surface area contributed by atoms with Crippen molar-refractivity contribution >= 4 is 17.4 Å². The molecule has 1 heterocycles. The molecule has 1 unspecified atom stereocenters. The van der Waals surface area contributed by atoms with Gasteiger partial charge >= 0.3 is 0 Å². The van der Waals surface area contributed by atoms with Crippen molar-refractivity contribution in [2.75, 3.05) is 26.9 Å². The summed E-state index contributed by atoms with van der Waals surface area (Å²) in [7, 11) is 1.56. The third-order valence-corrected chi connectivity index (χ3v) is 5.66. The van der Waals surface area contributed by atoms with Crippen molar-refractivity contribution in [2.45, 2.75) is 46.3 Å². The average molecular weight is 482 g/mol. The number of hydrogen-bond acceptors (Lipinski definition) is 6. The molecule has 1 aliphatic rings. The summed E-state index contributed by atoms with van der Waals surface area (Å²) < 4.78 is 16.7. The number of ether oxygens (including phenoxy) is 3.